The van der Waals surface area contributed by atoms with Crippen LogP contribution in [0.2, 0.25) is 0 Å². The Labute approximate surface area is 111 Å². The highest BCUT2D eigenvalue weighted by molar-refractivity contribution is 5.99. The molecule has 93 valence electrons. The Morgan fingerprint density at radius 3 is 2.63 bits per heavy atom. The van der Waals surface area contributed by atoms with Crippen molar-refractivity contribution in [1.82, 2.24) is 0 Å². The van der Waals surface area contributed by atoms with Crippen molar-refractivity contribution in [3.63, 3.8) is 0 Å². The summed E-state index contributed by atoms with van der Waals surface area (Å²) < 4.78 is 0. The average Bonchev–Trinajstić information content (AvgIpc) is 2.42. The molecule has 0 spiro atoms. The van der Waals surface area contributed by atoms with Crippen LogP contribution < -0.4 is 0 Å². The molecule has 2 heteroatoms. The molecule has 2 nitrogen and oxygen atoms in total. The minimum absolute atomic E-state index is 0.138. The monoisotopic (exact) mass is 249 g/mol. The van der Waals surface area contributed by atoms with E-state index in [9.17, 15) is 9.59 Å². The maximum Gasteiger partial charge on any atom is 0.210 e. The number of Topliss-reactive ketones (excluding diaryl/α,β-unsaturated/α-hetero) is 1. The zero-order valence-electron chi connectivity index (χ0n) is 10.6. The number of carbonyl (C=O) groups excluding carboxylic acids is 2. The van der Waals surface area contributed by atoms with Gasteiger partial charge in [-0.3, -0.25) is 9.59 Å². The van der Waals surface area contributed by atoms with Crippen molar-refractivity contribution in [2.45, 2.75) is 12.8 Å². The zero-order valence-corrected chi connectivity index (χ0v) is 10.6. The third-order valence-corrected chi connectivity index (χ3v) is 3.74. The van der Waals surface area contributed by atoms with E-state index < -0.39 is 5.92 Å². The summed E-state index contributed by atoms with van der Waals surface area (Å²) in [4.78, 5) is 22.7. The predicted octanol–water partition coefficient (Wildman–Crippen LogP) is 3.27. The topological polar surface area (TPSA) is 34.1 Å². The molecule has 19 heavy (non-hydrogen) atoms. The van der Waals surface area contributed by atoms with Crippen LogP contribution in [0.15, 0.2) is 42.5 Å². The molecular formula is C17H13O2. The molecular weight excluding hydrogens is 236 g/mol. The molecule has 0 saturated carbocycles. The Morgan fingerprint density at radius 2 is 1.95 bits per heavy atom. The van der Waals surface area contributed by atoms with Gasteiger partial charge in [0.2, 0.25) is 6.29 Å². The Bertz CT molecular complexity index is 692. The molecule has 2 unspecified atom stereocenters. The first kappa shape index (κ1) is 11.8. The first-order valence-electron chi connectivity index (χ1n) is 6.30. The maximum absolute atomic E-state index is 11.6. The van der Waals surface area contributed by atoms with E-state index in [-0.39, 0.29) is 11.7 Å². The van der Waals surface area contributed by atoms with Crippen molar-refractivity contribution in [3.8, 4) is 0 Å². The van der Waals surface area contributed by atoms with Crippen molar-refractivity contribution in [2.75, 3.05) is 0 Å². The average molecular weight is 249 g/mol. The molecule has 1 aliphatic carbocycles. The largest absolute Gasteiger partial charge is 0.299 e. The molecule has 3 rings (SSSR count). The third-order valence-electron chi connectivity index (χ3n) is 3.74. The summed E-state index contributed by atoms with van der Waals surface area (Å²) in [7, 11) is 0. The molecule has 2 atom stereocenters. The van der Waals surface area contributed by atoms with Crippen molar-refractivity contribution in [2.24, 2.45) is 5.92 Å². The van der Waals surface area contributed by atoms with Crippen molar-refractivity contribution < 1.29 is 9.59 Å². The quantitative estimate of drug-likeness (QED) is 0.782. The highest BCUT2D eigenvalue weighted by Crippen LogP contribution is 2.38. The summed E-state index contributed by atoms with van der Waals surface area (Å²) in [6.45, 7) is 1.45. The van der Waals surface area contributed by atoms with Crippen molar-refractivity contribution in [3.05, 3.63) is 53.6 Å². The first-order chi connectivity index (χ1) is 9.22. The summed E-state index contributed by atoms with van der Waals surface area (Å²) >= 11 is 0. The fourth-order valence-electron chi connectivity index (χ4n) is 2.83. The van der Waals surface area contributed by atoms with E-state index in [1.165, 1.54) is 6.92 Å². The lowest BCUT2D eigenvalue weighted by molar-refractivity contribution is -0.119. The van der Waals surface area contributed by atoms with Gasteiger partial charge in [-0.15, -0.1) is 0 Å². The van der Waals surface area contributed by atoms with Crippen LogP contribution in [-0.4, -0.2) is 12.1 Å². The molecule has 0 bridgehead atoms. The molecule has 0 N–H and O–H groups in total. The smallest absolute Gasteiger partial charge is 0.210 e. The predicted molar refractivity (Wildman–Crippen MR) is 75.6 cm³/mol. The molecule has 2 aromatic rings. The molecule has 2 aromatic carbocycles. The van der Waals surface area contributed by atoms with Crippen LogP contribution in [0.25, 0.3) is 16.8 Å². The standard InChI is InChI=1S/C17H13O2/c1-11(19)16(10-18)14-9-8-13-5-2-4-12-6-3-7-15(14)17(12)13/h2-9,14,16H,1H3. The summed E-state index contributed by atoms with van der Waals surface area (Å²) in [5, 5.41) is 2.27. The fourth-order valence-corrected chi connectivity index (χ4v) is 2.83. The molecule has 0 aliphatic heterocycles. The van der Waals surface area contributed by atoms with E-state index in [0.29, 0.717) is 0 Å². The summed E-state index contributed by atoms with van der Waals surface area (Å²) in [6, 6.07) is 12.1. The van der Waals surface area contributed by atoms with E-state index in [1.54, 1.807) is 0 Å². The van der Waals surface area contributed by atoms with Gasteiger partial charge in [0.1, 0.15) is 5.78 Å². The van der Waals surface area contributed by atoms with Crippen LogP contribution in [0.5, 0.6) is 0 Å². The van der Waals surface area contributed by atoms with Gasteiger partial charge in [-0.05, 0) is 28.8 Å². The highest BCUT2D eigenvalue weighted by Gasteiger charge is 2.28. The van der Waals surface area contributed by atoms with Crippen molar-refractivity contribution in [1.29, 1.82) is 0 Å². The SMILES string of the molecule is CC(=O)C([C]=O)C1C=Cc2cccc3cccc1c23. The van der Waals surface area contributed by atoms with Gasteiger partial charge in [-0.2, -0.15) is 0 Å². The van der Waals surface area contributed by atoms with E-state index >= 15 is 0 Å². The summed E-state index contributed by atoms with van der Waals surface area (Å²) in [5.74, 6) is -1.05. The van der Waals surface area contributed by atoms with Gasteiger partial charge in [0.15, 0.2) is 0 Å². The van der Waals surface area contributed by atoms with Crippen LogP contribution in [0.1, 0.15) is 24.0 Å². The van der Waals surface area contributed by atoms with Crippen LogP contribution in [0.3, 0.4) is 0 Å². The van der Waals surface area contributed by atoms with Crippen molar-refractivity contribution >= 4 is 28.9 Å². The van der Waals surface area contributed by atoms with Gasteiger partial charge in [-0.1, -0.05) is 48.6 Å². The fraction of sp³-hybridized carbons (Fsp3) is 0.176. The second-order valence-corrected chi connectivity index (χ2v) is 4.88. The molecule has 1 radical (unpaired) electrons. The molecule has 0 heterocycles. The van der Waals surface area contributed by atoms with Gasteiger partial charge >= 0.3 is 0 Å². The summed E-state index contributed by atoms with van der Waals surface area (Å²) in [5.41, 5.74) is 2.18. The Morgan fingerprint density at radius 1 is 1.21 bits per heavy atom. The number of allylic oxidation sites excluding steroid dienone is 1. The van der Waals surface area contributed by atoms with Crippen LogP contribution in [-0.2, 0) is 9.59 Å². The number of ketones is 1. The number of hydrogen-bond acceptors (Lipinski definition) is 2. The lowest BCUT2D eigenvalue weighted by atomic mass is 9.78. The summed E-state index contributed by atoms with van der Waals surface area (Å²) in [6.07, 6.45) is 5.83. The van der Waals surface area contributed by atoms with E-state index in [0.717, 1.165) is 21.9 Å². The number of hydrogen-bond donors (Lipinski definition) is 0. The van der Waals surface area contributed by atoms with Crippen LogP contribution in [0, 0.1) is 5.92 Å². The maximum atomic E-state index is 11.6. The molecule has 0 saturated heterocycles. The van der Waals surface area contributed by atoms with E-state index in [2.05, 4.69) is 0 Å². The lowest BCUT2D eigenvalue weighted by Gasteiger charge is -2.23. The Kier molecular flexibility index (Phi) is 2.79. The molecule has 1 aliphatic rings. The first-order valence-corrected chi connectivity index (χ1v) is 6.30. The van der Waals surface area contributed by atoms with Gasteiger partial charge in [0, 0.05) is 5.92 Å². The van der Waals surface area contributed by atoms with E-state index in [1.807, 2.05) is 54.8 Å². The molecule has 0 aromatic heterocycles. The van der Waals surface area contributed by atoms with Gasteiger partial charge in [0.05, 0.1) is 5.92 Å². The number of rotatable bonds is 3. The molecule has 0 fully saturated rings. The number of carbonyl (C=O) groups is 1. The lowest BCUT2D eigenvalue weighted by Crippen LogP contribution is -2.21. The minimum Gasteiger partial charge on any atom is -0.299 e. The minimum atomic E-state index is -0.713. The van der Waals surface area contributed by atoms with Gasteiger partial charge < -0.3 is 0 Å². The van der Waals surface area contributed by atoms with E-state index in [4.69, 9.17) is 0 Å². The second-order valence-electron chi connectivity index (χ2n) is 4.88. The van der Waals surface area contributed by atoms with Gasteiger partial charge in [0.25, 0.3) is 0 Å². The highest BCUT2D eigenvalue weighted by atomic mass is 16.1. The second kappa shape index (κ2) is 4.47. The number of benzene rings is 2. The van der Waals surface area contributed by atoms with Crippen LogP contribution >= 0.6 is 0 Å². The zero-order chi connectivity index (χ0) is 13.4. The Hall–Kier alpha value is -2.22. The third kappa shape index (κ3) is 1.80. The van der Waals surface area contributed by atoms with Gasteiger partial charge in [-0.25, -0.2) is 0 Å². The molecule has 0 amide bonds. The Balaban J connectivity index is 2.24. The van der Waals surface area contributed by atoms with Crippen LogP contribution in [0.4, 0.5) is 0 Å². The normalized spacial score (nSPS) is 18.3.